The van der Waals surface area contributed by atoms with Gasteiger partial charge in [0.25, 0.3) is 0 Å². The third-order valence-corrected chi connectivity index (χ3v) is 2.21. The number of rotatable bonds is 7. The zero-order chi connectivity index (χ0) is 8.53. The fourth-order valence-electron chi connectivity index (χ4n) is 1.05. The Balaban J connectivity index is 0. The molecule has 0 aliphatic carbocycles. The maximum atomic E-state index is 10.0. The van der Waals surface area contributed by atoms with E-state index in [1.54, 1.807) is 0 Å². The molecule has 0 bridgehead atoms. The van der Waals surface area contributed by atoms with Crippen LogP contribution in [0.2, 0.25) is 0 Å². The smallest absolute Gasteiger partial charge is 0.148 e. The Morgan fingerprint density at radius 1 is 1.42 bits per heavy atom. The quantitative estimate of drug-likeness (QED) is 0.634. The third-order valence-electron chi connectivity index (χ3n) is 1.92. The average Bonchev–Trinajstić information content (AvgIpc) is 2.05. The van der Waals surface area contributed by atoms with Gasteiger partial charge in [-0.3, -0.25) is 0 Å². The van der Waals surface area contributed by atoms with E-state index in [-0.39, 0.29) is 16.8 Å². The monoisotopic (exact) mass is 236 g/mol. The molecular weight excluding hydrogens is 218 g/mol. The van der Waals surface area contributed by atoms with Crippen LogP contribution in [0.3, 0.4) is 0 Å². The topological polar surface area (TPSA) is 26.3 Å². The Hall–Kier alpha value is 0.566. The van der Waals surface area contributed by atoms with Gasteiger partial charge in [-0.2, -0.15) is 0 Å². The Bertz CT molecular complexity index is 101. The van der Waals surface area contributed by atoms with Crippen LogP contribution in [0, 0.1) is 5.92 Å². The van der Waals surface area contributed by atoms with E-state index in [4.69, 9.17) is 4.52 Å². The molecule has 0 aromatic heterocycles. The van der Waals surface area contributed by atoms with Gasteiger partial charge in [0.1, 0.15) is 6.61 Å². The Morgan fingerprint density at radius 3 is 2.50 bits per heavy atom. The molecule has 2 nitrogen and oxygen atoms in total. The van der Waals surface area contributed by atoms with E-state index in [9.17, 15) is 4.57 Å². The second-order valence-corrected chi connectivity index (χ2v) is 3.27. The van der Waals surface area contributed by atoms with E-state index in [2.05, 4.69) is 13.8 Å². The summed E-state index contributed by atoms with van der Waals surface area (Å²) >= 11 is 0. The van der Waals surface area contributed by atoms with Crippen molar-refractivity contribution in [2.24, 2.45) is 5.92 Å². The van der Waals surface area contributed by atoms with Crippen LogP contribution in [0.4, 0.5) is 0 Å². The summed E-state index contributed by atoms with van der Waals surface area (Å²) in [5.41, 5.74) is 0. The van der Waals surface area contributed by atoms with Crippen LogP contribution in [-0.2, 0) is 25.9 Å². The number of unbranched alkanes of at least 4 members (excludes halogenated alkanes) is 1. The van der Waals surface area contributed by atoms with Crippen LogP contribution < -0.4 is 0 Å². The zero-order valence-corrected chi connectivity index (χ0v) is 9.80. The van der Waals surface area contributed by atoms with Crippen molar-refractivity contribution in [3.63, 3.8) is 0 Å². The van der Waals surface area contributed by atoms with Gasteiger partial charge in [-0.05, 0) is 16.9 Å². The van der Waals surface area contributed by atoms with Gasteiger partial charge in [0, 0.05) is 0 Å². The van der Waals surface area contributed by atoms with Gasteiger partial charge in [0.15, 0.2) is 0 Å². The maximum Gasteiger partial charge on any atom is 2.00 e. The van der Waals surface area contributed by atoms with E-state index >= 15 is 0 Å². The third kappa shape index (κ3) is 8.66. The standard InChI is InChI=1S/C8H18O2P.Co/c1-3-5-6-8(4-2)7-10-11-9;/h8,11H,3-7H2,1-2H3;/q+1;+2. The van der Waals surface area contributed by atoms with Crippen molar-refractivity contribution in [3.05, 3.63) is 0 Å². The molecule has 0 rings (SSSR count). The SMILES string of the molecule is CCCCC(CC)CO[PH+]=O.[Co+2]. The first-order valence-corrected chi connectivity index (χ1v) is 5.15. The fourth-order valence-corrected chi connectivity index (χ4v) is 1.35. The van der Waals surface area contributed by atoms with E-state index in [1.807, 2.05) is 0 Å². The summed E-state index contributed by atoms with van der Waals surface area (Å²) in [6.07, 6.45) is 4.82. The Morgan fingerprint density at radius 2 is 2.08 bits per heavy atom. The van der Waals surface area contributed by atoms with Crippen LogP contribution in [0.15, 0.2) is 0 Å². The summed E-state index contributed by atoms with van der Waals surface area (Å²) in [5.74, 6) is 0.608. The molecule has 0 fully saturated rings. The summed E-state index contributed by atoms with van der Waals surface area (Å²) in [6, 6.07) is 0. The van der Waals surface area contributed by atoms with Crippen LogP contribution in [0.25, 0.3) is 0 Å². The zero-order valence-electron chi connectivity index (χ0n) is 7.76. The van der Waals surface area contributed by atoms with Gasteiger partial charge in [-0.1, -0.05) is 33.1 Å². The first-order valence-electron chi connectivity index (χ1n) is 4.34. The minimum Gasteiger partial charge on any atom is -0.148 e. The molecule has 0 aliphatic rings. The largest absolute Gasteiger partial charge is 2.00 e. The Kier molecular flexibility index (Phi) is 14.5. The normalized spacial score (nSPS) is 12.5. The van der Waals surface area contributed by atoms with Crippen molar-refractivity contribution in [2.75, 3.05) is 6.61 Å². The van der Waals surface area contributed by atoms with Crippen LogP contribution in [0.5, 0.6) is 0 Å². The summed E-state index contributed by atoms with van der Waals surface area (Å²) in [7, 11) is -0.591. The molecule has 2 unspecified atom stereocenters. The van der Waals surface area contributed by atoms with E-state index in [1.165, 1.54) is 19.3 Å². The second kappa shape index (κ2) is 11.6. The van der Waals surface area contributed by atoms with Gasteiger partial charge >= 0.3 is 25.5 Å². The van der Waals surface area contributed by atoms with Crippen molar-refractivity contribution in [1.29, 1.82) is 0 Å². The molecule has 0 heterocycles. The van der Waals surface area contributed by atoms with Crippen molar-refractivity contribution in [2.45, 2.75) is 39.5 Å². The molecule has 0 aliphatic heterocycles. The van der Waals surface area contributed by atoms with Crippen LogP contribution >= 0.6 is 8.69 Å². The molecular formula is C8H18CoO2P+3. The van der Waals surface area contributed by atoms with Crippen molar-refractivity contribution in [1.82, 2.24) is 0 Å². The summed E-state index contributed by atoms with van der Waals surface area (Å²) in [6.45, 7) is 5.00. The molecule has 0 aromatic rings. The molecule has 0 saturated carbocycles. The molecule has 0 aromatic carbocycles. The summed E-state index contributed by atoms with van der Waals surface area (Å²) in [4.78, 5) is 0. The second-order valence-electron chi connectivity index (χ2n) is 2.81. The molecule has 12 heavy (non-hydrogen) atoms. The minimum atomic E-state index is -0.591. The van der Waals surface area contributed by atoms with Crippen molar-refractivity contribution < 1.29 is 25.9 Å². The van der Waals surface area contributed by atoms with E-state index < -0.39 is 8.69 Å². The van der Waals surface area contributed by atoms with E-state index in [0.29, 0.717) is 12.5 Å². The van der Waals surface area contributed by atoms with Gasteiger partial charge in [0.05, 0.1) is 0 Å². The Labute approximate surface area is 86.9 Å². The van der Waals surface area contributed by atoms with Gasteiger partial charge in [-0.25, -0.2) is 0 Å². The van der Waals surface area contributed by atoms with Crippen molar-refractivity contribution in [3.8, 4) is 0 Å². The number of hydrogen-bond donors (Lipinski definition) is 0. The van der Waals surface area contributed by atoms with Gasteiger partial charge < -0.3 is 0 Å². The predicted octanol–water partition coefficient (Wildman–Crippen LogP) is 3.16. The maximum absolute atomic E-state index is 10.0. The predicted molar refractivity (Wildman–Crippen MR) is 48.3 cm³/mol. The molecule has 0 spiro atoms. The van der Waals surface area contributed by atoms with Crippen LogP contribution in [0.1, 0.15) is 39.5 Å². The first-order chi connectivity index (χ1) is 5.35. The first kappa shape index (κ1) is 15.1. The summed E-state index contributed by atoms with van der Waals surface area (Å²) in [5, 5.41) is 0. The molecule has 0 saturated heterocycles. The number of hydrogen-bond acceptors (Lipinski definition) is 2. The van der Waals surface area contributed by atoms with E-state index in [0.717, 1.165) is 6.42 Å². The molecule has 1 radical (unpaired) electrons. The molecule has 0 N–H and O–H groups in total. The van der Waals surface area contributed by atoms with Gasteiger partial charge in [-0.15, -0.1) is 4.52 Å². The molecule has 2 atom stereocenters. The minimum absolute atomic E-state index is 0. The van der Waals surface area contributed by atoms with Crippen molar-refractivity contribution >= 4 is 8.69 Å². The molecule has 0 amide bonds. The average molecular weight is 236 g/mol. The fraction of sp³-hybridized carbons (Fsp3) is 1.00. The molecule has 4 heteroatoms. The van der Waals surface area contributed by atoms with Gasteiger partial charge in [0.2, 0.25) is 0 Å². The summed E-state index contributed by atoms with van der Waals surface area (Å²) < 4.78 is 14.9. The molecule has 73 valence electrons. The van der Waals surface area contributed by atoms with Crippen LogP contribution in [-0.4, -0.2) is 6.61 Å².